The molecule has 4 rings (SSSR count). The Morgan fingerprint density at radius 2 is 1.82 bits per heavy atom. The zero-order chi connectivity index (χ0) is 23.9. The van der Waals surface area contributed by atoms with Crippen molar-refractivity contribution in [2.75, 3.05) is 26.3 Å². The van der Waals surface area contributed by atoms with Crippen molar-refractivity contribution in [3.05, 3.63) is 59.7 Å². The summed E-state index contributed by atoms with van der Waals surface area (Å²) in [5.74, 6) is 2.23. The molecule has 180 valence electrons. The van der Waals surface area contributed by atoms with E-state index in [1.165, 1.54) is 0 Å². The third-order valence-electron chi connectivity index (χ3n) is 5.93. The summed E-state index contributed by atoms with van der Waals surface area (Å²) in [7, 11) is 0. The highest BCUT2D eigenvalue weighted by molar-refractivity contribution is 5.94. The Hall–Kier alpha value is -3.39. The Morgan fingerprint density at radius 1 is 1.12 bits per heavy atom. The summed E-state index contributed by atoms with van der Waals surface area (Å²) in [6.45, 7) is 9.62. The lowest BCUT2D eigenvalue weighted by atomic mass is 10.0. The average Bonchev–Trinajstić information content (AvgIpc) is 3.35. The van der Waals surface area contributed by atoms with Gasteiger partial charge < -0.3 is 19.8 Å². The number of carbonyl (C=O) groups excluding carboxylic acids is 1. The number of aryl methyl sites for hydroxylation is 1. The number of likely N-dealkylation sites (tertiary alicyclic amines) is 1. The maximum atomic E-state index is 12.6. The van der Waals surface area contributed by atoms with Crippen molar-refractivity contribution in [1.82, 2.24) is 25.2 Å². The topological polar surface area (TPSA) is 92.4 Å². The minimum absolute atomic E-state index is 0.0501. The standard InChI is InChI=1S/C26H33N5O3/c1-4-33-22-13-19(14-23(34-5-2)24(22)25-28-8-9-29-25)17-31-10-6-21(7-11-31)30-26(32)20-12-18(3)15-27-16-20/h8-9,12-16,21H,4-7,10-11,17H2,1-3H3,(H,28,29)(H,30,32). The predicted octanol–water partition coefficient (Wildman–Crippen LogP) is 3.97. The summed E-state index contributed by atoms with van der Waals surface area (Å²) in [5, 5.41) is 3.17. The number of amides is 1. The average molecular weight is 464 g/mol. The second kappa shape index (κ2) is 11.2. The van der Waals surface area contributed by atoms with Gasteiger partial charge in [-0.2, -0.15) is 0 Å². The van der Waals surface area contributed by atoms with Crippen LogP contribution in [0.15, 0.2) is 43.0 Å². The van der Waals surface area contributed by atoms with E-state index in [4.69, 9.17) is 9.47 Å². The van der Waals surface area contributed by atoms with Crippen molar-refractivity contribution in [2.45, 2.75) is 46.2 Å². The molecule has 1 amide bonds. The van der Waals surface area contributed by atoms with Crippen molar-refractivity contribution in [3.8, 4) is 22.9 Å². The first-order valence-electron chi connectivity index (χ1n) is 11.9. The highest BCUT2D eigenvalue weighted by Gasteiger charge is 2.23. The zero-order valence-corrected chi connectivity index (χ0v) is 20.1. The van der Waals surface area contributed by atoms with E-state index in [0.29, 0.717) is 18.8 Å². The number of aromatic amines is 1. The number of carbonyl (C=O) groups is 1. The summed E-state index contributed by atoms with van der Waals surface area (Å²) < 4.78 is 12.0. The summed E-state index contributed by atoms with van der Waals surface area (Å²) in [5.41, 5.74) is 3.59. The van der Waals surface area contributed by atoms with Crippen LogP contribution < -0.4 is 14.8 Å². The highest BCUT2D eigenvalue weighted by Crippen LogP contribution is 2.38. The van der Waals surface area contributed by atoms with Gasteiger partial charge in [-0.1, -0.05) is 0 Å². The smallest absolute Gasteiger partial charge is 0.253 e. The van der Waals surface area contributed by atoms with E-state index < -0.39 is 0 Å². The molecule has 0 unspecified atom stereocenters. The predicted molar refractivity (Wildman–Crippen MR) is 131 cm³/mol. The summed E-state index contributed by atoms with van der Waals surface area (Å²) in [6, 6.07) is 6.21. The third kappa shape index (κ3) is 5.75. The minimum Gasteiger partial charge on any atom is -0.493 e. The molecule has 0 aliphatic carbocycles. The maximum absolute atomic E-state index is 12.6. The fraction of sp³-hybridized carbons (Fsp3) is 0.423. The second-order valence-corrected chi connectivity index (χ2v) is 8.55. The molecule has 0 bridgehead atoms. The van der Waals surface area contributed by atoms with Crippen molar-refractivity contribution in [3.63, 3.8) is 0 Å². The maximum Gasteiger partial charge on any atom is 0.253 e. The van der Waals surface area contributed by atoms with Crippen LogP contribution in [0, 0.1) is 6.92 Å². The fourth-order valence-corrected chi connectivity index (χ4v) is 4.35. The van der Waals surface area contributed by atoms with E-state index in [-0.39, 0.29) is 11.9 Å². The third-order valence-corrected chi connectivity index (χ3v) is 5.93. The van der Waals surface area contributed by atoms with Crippen LogP contribution in [0.1, 0.15) is 48.2 Å². The molecule has 1 aliphatic heterocycles. The number of hydrogen-bond acceptors (Lipinski definition) is 6. The van der Waals surface area contributed by atoms with E-state index in [1.54, 1.807) is 24.8 Å². The SMILES string of the molecule is CCOc1cc(CN2CCC(NC(=O)c3cncc(C)c3)CC2)cc(OCC)c1-c1ncc[nH]1. The normalized spacial score (nSPS) is 14.7. The second-order valence-electron chi connectivity index (χ2n) is 8.55. The molecule has 0 atom stereocenters. The molecule has 0 spiro atoms. The molecule has 2 aromatic heterocycles. The Labute approximate surface area is 200 Å². The number of H-pyrrole nitrogens is 1. The first-order chi connectivity index (χ1) is 16.6. The van der Waals surface area contributed by atoms with Crippen molar-refractivity contribution < 1.29 is 14.3 Å². The van der Waals surface area contributed by atoms with Gasteiger partial charge in [-0.15, -0.1) is 0 Å². The molecule has 8 nitrogen and oxygen atoms in total. The van der Waals surface area contributed by atoms with Crippen LogP contribution in [0.2, 0.25) is 0 Å². The summed E-state index contributed by atoms with van der Waals surface area (Å²) >= 11 is 0. The largest absolute Gasteiger partial charge is 0.493 e. The molecule has 34 heavy (non-hydrogen) atoms. The van der Waals surface area contributed by atoms with Crippen LogP contribution in [0.3, 0.4) is 0 Å². The number of ether oxygens (including phenoxy) is 2. The summed E-state index contributed by atoms with van der Waals surface area (Å²) in [4.78, 5) is 26.7. The van der Waals surface area contributed by atoms with Gasteiger partial charge in [-0.05, 0) is 62.9 Å². The quantitative estimate of drug-likeness (QED) is 0.499. The van der Waals surface area contributed by atoms with Gasteiger partial charge in [0.2, 0.25) is 0 Å². The van der Waals surface area contributed by atoms with E-state index in [9.17, 15) is 4.79 Å². The first kappa shape index (κ1) is 23.8. The van der Waals surface area contributed by atoms with Crippen LogP contribution in [0.25, 0.3) is 11.4 Å². The molecule has 1 saturated heterocycles. The van der Waals surface area contributed by atoms with Gasteiger partial charge in [0.15, 0.2) is 0 Å². The molecule has 0 radical (unpaired) electrons. The molecule has 0 saturated carbocycles. The lowest BCUT2D eigenvalue weighted by Gasteiger charge is -2.32. The Kier molecular flexibility index (Phi) is 7.80. The molecule has 3 heterocycles. The van der Waals surface area contributed by atoms with E-state index in [1.807, 2.05) is 26.8 Å². The van der Waals surface area contributed by atoms with E-state index in [2.05, 4.69) is 37.3 Å². The minimum atomic E-state index is -0.0501. The van der Waals surface area contributed by atoms with Crippen LogP contribution in [-0.4, -0.2) is 58.1 Å². The molecular weight excluding hydrogens is 430 g/mol. The molecule has 8 heteroatoms. The van der Waals surface area contributed by atoms with Crippen LogP contribution >= 0.6 is 0 Å². The Balaban J connectivity index is 1.41. The molecule has 2 N–H and O–H groups in total. The number of nitrogens with zero attached hydrogens (tertiary/aromatic N) is 3. The zero-order valence-electron chi connectivity index (χ0n) is 20.1. The van der Waals surface area contributed by atoms with E-state index in [0.717, 1.165) is 66.5 Å². The summed E-state index contributed by atoms with van der Waals surface area (Å²) in [6.07, 6.45) is 8.72. The lowest BCUT2D eigenvalue weighted by molar-refractivity contribution is 0.0908. The number of pyridine rings is 1. The van der Waals surface area contributed by atoms with Gasteiger partial charge in [0.25, 0.3) is 5.91 Å². The van der Waals surface area contributed by atoms with Gasteiger partial charge in [0.05, 0.1) is 18.8 Å². The molecule has 3 aromatic rings. The van der Waals surface area contributed by atoms with Gasteiger partial charge in [-0.3, -0.25) is 14.7 Å². The Bertz CT molecular complexity index is 1060. The lowest BCUT2D eigenvalue weighted by Crippen LogP contribution is -2.44. The van der Waals surface area contributed by atoms with Crippen LogP contribution in [0.4, 0.5) is 0 Å². The number of hydrogen-bond donors (Lipinski definition) is 2. The molecule has 1 fully saturated rings. The van der Waals surface area contributed by atoms with Gasteiger partial charge >= 0.3 is 0 Å². The number of piperidine rings is 1. The van der Waals surface area contributed by atoms with Crippen LogP contribution in [0.5, 0.6) is 11.5 Å². The van der Waals surface area contributed by atoms with Gasteiger partial charge in [0.1, 0.15) is 22.9 Å². The molecule has 1 aromatic carbocycles. The van der Waals surface area contributed by atoms with Crippen molar-refractivity contribution >= 4 is 5.91 Å². The highest BCUT2D eigenvalue weighted by atomic mass is 16.5. The number of imidazole rings is 1. The van der Waals surface area contributed by atoms with Gasteiger partial charge in [0, 0.05) is 50.5 Å². The van der Waals surface area contributed by atoms with Crippen LogP contribution in [-0.2, 0) is 6.54 Å². The van der Waals surface area contributed by atoms with Crippen molar-refractivity contribution in [1.29, 1.82) is 0 Å². The fourth-order valence-electron chi connectivity index (χ4n) is 4.35. The van der Waals surface area contributed by atoms with Crippen molar-refractivity contribution in [2.24, 2.45) is 0 Å². The Morgan fingerprint density at radius 3 is 2.41 bits per heavy atom. The number of benzene rings is 1. The first-order valence-corrected chi connectivity index (χ1v) is 11.9. The number of nitrogens with one attached hydrogen (secondary N) is 2. The monoisotopic (exact) mass is 463 g/mol. The van der Waals surface area contributed by atoms with E-state index >= 15 is 0 Å². The van der Waals surface area contributed by atoms with Gasteiger partial charge in [-0.25, -0.2) is 4.98 Å². The number of rotatable bonds is 9. The molecular formula is C26H33N5O3. The number of aromatic nitrogens is 3. The molecule has 1 aliphatic rings.